The minimum Gasteiger partial charge on any atom is -0.374 e. The van der Waals surface area contributed by atoms with Gasteiger partial charge >= 0.3 is 0 Å². The second-order valence-electron chi connectivity index (χ2n) is 5.72. The van der Waals surface area contributed by atoms with Crippen LogP contribution in [0.2, 0.25) is 0 Å². The van der Waals surface area contributed by atoms with Crippen LogP contribution in [0.1, 0.15) is 12.5 Å². The predicted molar refractivity (Wildman–Crippen MR) is 90.1 cm³/mol. The van der Waals surface area contributed by atoms with E-state index in [1.807, 2.05) is 6.07 Å². The Bertz CT molecular complexity index is 492. The highest BCUT2D eigenvalue weighted by molar-refractivity contribution is 5.80. The van der Waals surface area contributed by atoms with Crippen molar-refractivity contribution in [1.82, 2.24) is 10.2 Å². The molecule has 1 aliphatic rings. The molecule has 1 aromatic carbocycles. The number of hydrogen-bond acceptors (Lipinski definition) is 4. The standard InChI is InChI=1S/C18H26N2O3/c1-3-10-22-15(2)18(21)19-12-17-14-20(9-11-23-17)13-16-7-5-4-6-8-16/h3-8,15,17H,1,9-14H2,2H3,(H,19,21)/t15-,17+/m1/s1. The number of benzene rings is 1. The first-order valence-corrected chi connectivity index (χ1v) is 8.07. The Labute approximate surface area is 138 Å². The van der Waals surface area contributed by atoms with Crippen molar-refractivity contribution in [3.63, 3.8) is 0 Å². The Morgan fingerprint density at radius 1 is 1.52 bits per heavy atom. The number of nitrogens with zero attached hydrogens (tertiary/aromatic N) is 1. The van der Waals surface area contributed by atoms with Crippen LogP contribution in [0.15, 0.2) is 43.0 Å². The second-order valence-corrected chi connectivity index (χ2v) is 5.72. The first-order valence-electron chi connectivity index (χ1n) is 8.07. The zero-order valence-electron chi connectivity index (χ0n) is 13.7. The maximum absolute atomic E-state index is 11.9. The van der Waals surface area contributed by atoms with E-state index in [-0.39, 0.29) is 12.0 Å². The maximum Gasteiger partial charge on any atom is 0.248 e. The van der Waals surface area contributed by atoms with Gasteiger partial charge < -0.3 is 14.8 Å². The third-order valence-corrected chi connectivity index (χ3v) is 3.81. The van der Waals surface area contributed by atoms with Gasteiger partial charge in [0.15, 0.2) is 0 Å². The molecular weight excluding hydrogens is 292 g/mol. The van der Waals surface area contributed by atoms with Gasteiger partial charge in [-0.05, 0) is 12.5 Å². The number of nitrogens with one attached hydrogen (secondary N) is 1. The van der Waals surface area contributed by atoms with Crippen molar-refractivity contribution < 1.29 is 14.3 Å². The molecule has 0 bridgehead atoms. The van der Waals surface area contributed by atoms with E-state index in [2.05, 4.69) is 41.1 Å². The number of carbonyl (C=O) groups is 1. The van der Waals surface area contributed by atoms with Crippen LogP contribution in [0.4, 0.5) is 0 Å². The van der Waals surface area contributed by atoms with E-state index in [0.717, 1.165) is 19.6 Å². The monoisotopic (exact) mass is 318 g/mol. The molecule has 0 aromatic heterocycles. The van der Waals surface area contributed by atoms with E-state index >= 15 is 0 Å². The van der Waals surface area contributed by atoms with Crippen LogP contribution in [0, 0.1) is 0 Å². The third-order valence-electron chi connectivity index (χ3n) is 3.81. The minimum atomic E-state index is -0.475. The van der Waals surface area contributed by atoms with Gasteiger partial charge in [-0.1, -0.05) is 36.4 Å². The van der Waals surface area contributed by atoms with Crippen LogP contribution in [0.3, 0.4) is 0 Å². The van der Waals surface area contributed by atoms with Crippen molar-refractivity contribution in [1.29, 1.82) is 0 Å². The van der Waals surface area contributed by atoms with Crippen LogP contribution >= 0.6 is 0 Å². The number of amides is 1. The van der Waals surface area contributed by atoms with E-state index in [4.69, 9.17) is 9.47 Å². The number of carbonyl (C=O) groups excluding carboxylic acids is 1. The van der Waals surface area contributed by atoms with Crippen molar-refractivity contribution in [2.75, 3.05) is 32.8 Å². The average Bonchev–Trinajstić information content (AvgIpc) is 2.58. The van der Waals surface area contributed by atoms with Crippen molar-refractivity contribution in [3.8, 4) is 0 Å². The molecule has 2 rings (SSSR count). The Morgan fingerprint density at radius 3 is 3.04 bits per heavy atom. The van der Waals surface area contributed by atoms with Gasteiger partial charge in [0, 0.05) is 26.2 Å². The fourth-order valence-corrected chi connectivity index (χ4v) is 2.54. The summed E-state index contributed by atoms with van der Waals surface area (Å²) in [4.78, 5) is 14.3. The quantitative estimate of drug-likeness (QED) is 0.740. The zero-order valence-corrected chi connectivity index (χ0v) is 13.7. The molecule has 0 radical (unpaired) electrons. The summed E-state index contributed by atoms with van der Waals surface area (Å²) in [5, 5.41) is 2.90. The Balaban J connectivity index is 1.73. The molecule has 1 N–H and O–H groups in total. The van der Waals surface area contributed by atoms with Gasteiger partial charge in [0.1, 0.15) is 6.10 Å². The van der Waals surface area contributed by atoms with Gasteiger partial charge in [-0.15, -0.1) is 6.58 Å². The van der Waals surface area contributed by atoms with Crippen LogP contribution in [0.25, 0.3) is 0 Å². The molecule has 23 heavy (non-hydrogen) atoms. The highest BCUT2D eigenvalue weighted by atomic mass is 16.5. The van der Waals surface area contributed by atoms with Crippen molar-refractivity contribution in [2.45, 2.75) is 25.7 Å². The molecule has 1 aliphatic heterocycles. The van der Waals surface area contributed by atoms with Crippen molar-refractivity contribution >= 4 is 5.91 Å². The summed E-state index contributed by atoms with van der Waals surface area (Å²) >= 11 is 0. The molecule has 0 spiro atoms. The minimum absolute atomic E-state index is 0.0167. The molecule has 1 aromatic rings. The molecule has 0 aliphatic carbocycles. The van der Waals surface area contributed by atoms with Gasteiger partial charge in [-0.25, -0.2) is 0 Å². The Hall–Kier alpha value is -1.69. The van der Waals surface area contributed by atoms with Crippen LogP contribution < -0.4 is 5.32 Å². The molecule has 1 saturated heterocycles. The molecule has 5 nitrogen and oxygen atoms in total. The van der Waals surface area contributed by atoms with E-state index in [0.29, 0.717) is 19.8 Å². The number of ether oxygens (including phenoxy) is 2. The summed E-state index contributed by atoms with van der Waals surface area (Å²) in [6.45, 7) is 9.52. The topological polar surface area (TPSA) is 50.8 Å². The highest BCUT2D eigenvalue weighted by Gasteiger charge is 2.22. The van der Waals surface area contributed by atoms with E-state index in [9.17, 15) is 4.79 Å². The lowest BCUT2D eigenvalue weighted by atomic mass is 10.2. The lowest BCUT2D eigenvalue weighted by Gasteiger charge is -2.33. The zero-order chi connectivity index (χ0) is 16.5. The molecule has 0 unspecified atom stereocenters. The second kappa shape index (κ2) is 9.45. The summed E-state index contributed by atoms with van der Waals surface area (Å²) in [7, 11) is 0. The molecule has 1 fully saturated rings. The lowest BCUT2D eigenvalue weighted by molar-refractivity contribution is -0.132. The molecular formula is C18H26N2O3. The van der Waals surface area contributed by atoms with Gasteiger partial charge in [-0.3, -0.25) is 9.69 Å². The van der Waals surface area contributed by atoms with Gasteiger partial charge in [-0.2, -0.15) is 0 Å². The van der Waals surface area contributed by atoms with E-state index in [1.165, 1.54) is 5.56 Å². The highest BCUT2D eigenvalue weighted by Crippen LogP contribution is 2.10. The number of hydrogen-bond donors (Lipinski definition) is 1. The first-order chi connectivity index (χ1) is 11.2. The van der Waals surface area contributed by atoms with Crippen molar-refractivity contribution in [3.05, 3.63) is 48.6 Å². The predicted octanol–water partition coefficient (Wildman–Crippen LogP) is 1.59. The first kappa shape index (κ1) is 17.7. The summed E-state index contributed by atoms with van der Waals surface area (Å²) < 4.78 is 11.1. The van der Waals surface area contributed by atoms with Crippen molar-refractivity contribution in [2.24, 2.45) is 0 Å². The normalized spacial score (nSPS) is 20.0. The summed E-state index contributed by atoms with van der Waals surface area (Å²) in [5.74, 6) is -0.115. The molecule has 126 valence electrons. The smallest absolute Gasteiger partial charge is 0.248 e. The van der Waals surface area contributed by atoms with Gasteiger partial charge in [0.05, 0.1) is 19.3 Å². The summed E-state index contributed by atoms with van der Waals surface area (Å²) in [5.41, 5.74) is 1.30. The molecule has 2 atom stereocenters. The van der Waals surface area contributed by atoms with Crippen LogP contribution in [-0.2, 0) is 20.8 Å². The fourth-order valence-electron chi connectivity index (χ4n) is 2.54. The van der Waals surface area contributed by atoms with Crippen LogP contribution in [-0.4, -0.2) is 55.9 Å². The molecule has 0 saturated carbocycles. The maximum atomic E-state index is 11.9. The fraction of sp³-hybridized carbons (Fsp3) is 0.500. The largest absolute Gasteiger partial charge is 0.374 e. The van der Waals surface area contributed by atoms with Gasteiger partial charge in [0.25, 0.3) is 0 Å². The number of morpholine rings is 1. The summed E-state index contributed by atoms with van der Waals surface area (Å²) in [6.07, 6.45) is 1.18. The lowest BCUT2D eigenvalue weighted by Crippen LogP contribution is -2.48. The van der Waals surface area contributed by atoms with Crippen LogP contribution in [0.5, 0.6) is 0 Å². The molecule has 1 heterocycles. The van der Waals surface area contributed by atoms with E-state index < -0.39 is 6.10 Å². The molecule has 5 heteroatoms. The Morgan fingerprint density at radius 2 is 2.30 bits per heavy atom. The summed E-state index contributed by atoms with van der Waals surface area (Å²) in [6, 6.07) is 10.4. The molecule has 1 amide bonds. The Kier molecular flexibility index (Phi) is 7.26. The third kappa shape index (κ3) is 6.14. The number of rotatable bonds is 8. The van der Waals surface area contributed by atoms with E-state index in [1.54, 1.807) is 13.0 Å². The average molecular weight is 318 g/mol. The SMILES string of the molecule is C=CCO[C@H](C)C(=O)NC[C@H]1CN(Cc2ccccc2)CCO1. The van der Waals surface area contributed by atoms with Gasteiger partial charge in [0.2, 0.25) is 5.91 Å².